The number of aliphatic hydroxyl groups is 1. The second kappa shape index (κ2) is 16.0. The predicted octanol–water partition coefficient (Wildman–Crippen LogP) is 3.60. The van der Waals surface area contributed by atoms with Crippen molar-refractivity contribution in [2.75, 3.05) is 40.0 Å². The first-order valence-electron chi connectivity index (χ1n) is 15.3. The largest absolute Gasteiger partial charge is 0.497 e. The van der Waals surface area contributed by atoms with E-state index in [1.165, 1.54) is 23.5 Å². The number of fused-ring (bicyclic) bond motifs is 1. The number of alkyl carbamates (subject to hydrolysis) is 1. The average molecular weight is 635 g/mol. The second-order valence-electron chi connectivity index (χ2n) is 11.7. The lowest BCUT2D eigenvalue weighted by atomic mass is 10.00. The first-order valence-corrected chi connectivity index (χ1v) is 16.7. The Morgan fingerprint density at radius 2 is 1.73 bits per heavy atom. The Labute approximate surface area is 260 Å². The average Bonchev–Trinajstić information content (AvgIpc) is 3.60. The maximum Gasteiger partial charge on any atom is 0.407 e. The van der Waals surface area contributed by atoms with Gasteiger partial charge in [0, 0.05) is 19.7 Å². The molecule has 6 atom stereocenters. The van der Waals surface area contributed by atoms with Crippen LogP contribution in [0.4, 0.5) is 4.79 Å². The zero-order chi connectivity index (χ0) is 31.7. The van der Waals surface area contributed by atoms with Gasteiger partial charge in [-0.25, -0.2) is 13.2 Å². The molecule has 1 amide bonds. The number of sulfonamides is 1. The van der Waals surface area contributed by atoms with Crippen molar-refractivity contribution in [3.63, 3.8) is 0 Å². The number of amides is 1. The lowest BCUT2D eigenvalue weighted by Gasteiger charge is -2.31. The van der Waals surface area contributed by atoms with Gasteiger partial charge in [-0.2, -0.15) is 4.31 Å². The van der Waals surface area contributed by atoms with E-state index in [1.807, 2.05) is 44.2 Å². The summed E-state index contributed by atoms with van der Waals surface area (Å²) in [6.07, 6.45) is -1.13. The van der Waals surface area contributed by atoms with Gasteiger partial charge < -0.3 is 34.1 Å². The Kier molecular flexibility index (Phi) is 12.4. The third kappa shape index (κ3) is 8.92. The Morgan fingerprint density at radius 1 is 1.05 bits per heavy atom. The maximum atomic E-state index is 13.7. The van der Waals surface area contributed by atoms with Gasteiger partial charge >= 0.3 is 6.09 Å². The zero-order valence-corrected chi connectivity index (χ0v) is 26.8. The van der Waals surface area contributed by atoms with Gasteiger partial charge in [-0.1, -0.05) is 57.5 Å². The van der Waals surface area contributed by atoms with Crippen molar-refractivity contribution >= 4 is 16.1 Å². The van der Waals surface area contributed by atoms with Crippen molar-refractivity contribution in [2.24, 2.45) is 11.8 Å². The highest BCUT2D eigenvalue weighted by molar-refractivity contribution is 7.89. The van der Waals surface area contributed by atoms with Crippen LogP contribution in [0.2, 0.25) is 0 Å². The number of hydrogen-bond donors (Lipinski definition) is 2. The number of ether oxygens (including phenoxy) is 5. The van der Waals surface area contributed by atoms with Crippen molar-refractivity contribution < 1.29 is 42.0 Å². The molecular formula is C32H46N2O9S. The highest BCUT2D eigenvalue weighted by Gasteiger charge is 2.50. The molecule has 244 valence electrons. The minimum absolute atomic E-state index is 0.0165. The zero-order valence-electron chi connectivity index (χ0n) is 26.0. The number of nitrogens with zero attached hydrogens (tertiary/aromatic N) is 1. The smallest absolute Gasteiger partial charge is 0.407 e. The number of benzene rings is 2. The van der Waals surface area contributed by atoms with Gasteiger partial charge in [-0.15, -0.1) is 0 Å². The van der Waals surface area contributed by atoms with Crippen LogP contribution in [0.1, 0.15) is 39.2 Å². The first kappa shape index (κ1) is 34.1. The van der Waals surface area contributed by atoms with Gasteiger partial charge in [0.15, 0.2) is 6.29 Å². The van der Waals surface area contributed by atoms with Gasteiger partial charge in [0.2, 0.25) is 10.0 Å². The fraction of sp³-hybridized carbons (Fsp3) is 0.594. The Bertz CT molecular complexity index is 1280. The number of carbonyl (C=O) groups is 1. The molecule has 2 aliphatic rings. The van der Waals surface area contributed by atoms with E-state index in [1.54, 1.807) is 12.1 Å². The standard InChI is InChI=1S/C32H46N2O9S/c1-5-6-16-40-28-20-41-31-30(28)29(21-42-31)43-32(36)33-26(17-23-10-8-7-9-11-23)27(35)19-34(18-22(2)3)44(37,38)25-14-12-24(39-4)13-15-25/h7-15,22,26-31,35H,5-6,16-21H2,1-4H3,(H,33,36)/t26-,27+,28-,29-,30-,31+/m0/s1. The number of hydrogen-bond acceptors (Lipinski definition) is 9. The van der Waals surface area contributed by atoms with E-state index in [4.69, 9.17) is 23.7 Å². The molecule has 12 heteroatoms. The monoisotopic (exact) mass is 634 g/mol. The van der Waals surface area contributed by atoms with Gasteiger partial charge in [-0.3, -0.25) is 0 Å². The summed E-state index contributed by atoms with van der Waals surface area (Å²) in [4.78, 5) is 13.4. The topological polar surface area (TPSA) is 133 Å². The van der Waals surface area contributed by atoms with Crippen LogP contribution in [0.25, 0.3) is 0 Å². The highest BCUT2D eigenvalue weighted by atomic mass is 32.2. The molecular weight excluding hydrogens is 588 g/mol. The third-order valence-electron chi connectivity index (χ3n) is 7.83. The predicted molar refractivity (Wildman–Crippen MR) is 164 cm³/mol. The molecule has 0 spiro atoms. The number of unbranched alkanes of at least 4 members (excludes halogenated alkanes) is 1. The number of methoxy groups -OCH3 is 1. The normalized spacial score (nSPS) is 23.0. The molecule has 0 aliphatic carbocycles. The molecule has 44 heavy (non-hydrogen) atoms. The summed E-state index contributed by atoms with van der Waals surface area (Å²) in [6, 6.07) is 14.7. The van der Waals surface area contributed by atoms with E-state index in [2.05, 4.69) is 12.2 Å². The minimum atomic E-state index is -3.97. The van der Waals surface area contributed by atoms with Crippen LogP contribution in [0, 0.1) is 11.8 Å². The number of carbonyl (C=O) groups excluding carboxylic acids is 1. The van der Waals surface area contributed by atoms with E-state index < -0.39 is 40.7 Å². The molecule has 2 N–H and O–H groups in total. The van der Waals surface area contributed by atoms with E-state index in [0.29, 0.717) is 19.0 Å². The summed E-state index contributed by atoms with van der Waals surface area (Å²) in [6.45, 7) is 6.96. The lowest BCUT2D eigenvalue weighted by molar-refractivity contribution is -0.0915. The third-order valence-corrected chi connectivity index (χ3v) is 9.68. The summed E-state index contributed by atoms with van der Waals surface area (Å²) >= 11 is 0. The Morgan fingerprint density at radius 3 is 2.36 bits per heavy atom. The van der Waals surface area contributed by atoms with Crippen LogP contribution < -0.4 is 10.1 Å². The van der Waals surface area contributed by atoms with Crippen molar-refractivity contribution in [1.29, 1.82) is 0 Å². The molecule has 2 fully saturated rings. The van der Waals surface area contributed by atoms with Gasteiger partial charge in [0.05, 0.1) is 49.4 Å². The van der Waals surface area contributed by atoms with E-state index in [0.717, 1.165) is 18.4 Å². The lowest BCUT2D eigenvalue weighted by Crippen LogP contribution is -2.52. The maximum absolute atomic E-state index is 13.7. The molecule has 4 rings (SSSR count). The fourth-order valence-corrected chi connectivity index (χ4v) is 7.12. The van der Waals surface area contributed by atoms with Gasteiger partial charge in [0.1, 0.15) is 11.9 Å². The molecule has 0 aromatic heterocycles. The molecule has 2 aromatic rings. The first-order chi connectivity index (χ1) is 21.1. The van der Waals surface area contributed by atoms with Crippen LogP contribution in [-0.4, -0.2) is 94.6 Å². The summed E-state index contributed by atoms with van der Waals surface area (Å²) < 4.78 is 57.1. The number of aliphatic hydroxyl groups excluding tert-OH is 1. The molecule has 2 aliphatic heterocycles. The van der Waals surface area contributed by atoms with E-state index >= 15 is 0 Å². The minimum Gasteiger partial charge on any atom is -0.497 e. The van der Waals surface area contributed by atoms with Crippen molar-refractivity contribution in [3.05, 3.63) is 60.2 Å². The molecule has 0 radical (unpaired) electrons. The SMILES string of the molecule is CCCCO[C@H]1CO[C@@H]2OC[C@H](OC(=O)N[C@@H](Cc3ccccc3)[C@H](O)CN(CC(C)C)S(=O)(=O)c3ccc(OC)cc3)[C@@H]21. The van der Waals surface area contributed by atoms with Crippen LogP contribution in [0.3, 0.4) is 0 Å². The summed E-state index contributed by atoms with van der Waals surface area (Å²) in [7, 11) is -2.46. The van der Waals surface area contributed by atoms with Crippen molar-refractivity contribution in [1.82, 2.24) is 9.62 Å². The highest BCUT2D eigenvalue weighted by Crippen LogP contribution is 2.35. The molecule has 2 heterocycles. The fourth-order valence-electron chi connectivity index (χ4n) is 5.50. The molecule has 0 saturated carbocycles. The number of rotatable bonds is 16. The molecule has 0 unspecified atom stereocenters. The van der Waals surface area contributed by atoms with Crippen LogP contribution in [0.15, 0.2) is 59.5 Å². The van der Waals surface area contributed by atoms with Crippen molar-refractivity contribution in [2.45, 2.75) is 75.6 Å². The second-order valence-corrected chi connectivity index (χ2v) is 13.7. The molecule has 11 nitrogen and oxygen atoms in total. The van der Waals surface area contributed by atoms with Crippen LogP contribution in [-0.2, 0) is 35.4 Å². The Balaban J connectivity index is 1.49. The number of nitrogens with one attached hydrogen (secondary N) is 1. The van der Waals surface area contributed by atoms with Crippen LogP contribution in [0.5, 0.6) is 5.75 Å². The van der Waals surface area contributed by atoms with Gasteiger partial charge in [0.25, 0.3) is 0 Å². The quantitative estimate of drug-likeness (QED) is 0.266. The summed E-state index contributed by atoms with van der Waals surface area (Å²) in [5, 5.41) is 14.3. The van der Waals surface area contributed by atoms with Gasteiger partial charge in [-0.05, 0) is 48.6 Å². The molecule has 2 saturated heterocycles. The Hall–Kier alpha value is -2.74. The van der Waals surface area contributed by atoms with Crippen LogP contribution >= 0.6 is 0 Å². The van der Waals surface area contributed by atoms with Crippen molar-refractivity contribution in [3.8, 4) is 5.75 Å². The van der Waals surface area contributed by atoms with E-state index in [-0.39, 0.29) is 49.0 Å². The molecule has 0 bridgehead atoms. The molecule has 2 aromatic carbocycles. The summed E-state index contributed by atoms with van der Waals surface area (Å²) in [5.41, 5.74) is 0.864. The van der Waals surface area contributed by atoms with E-state index in [9.17, 15) is 18.3 Å². The summed E-state index contributed by atoms with van der Waals surface area (Å²) in [5.74, 6) is 0.260.